The van der Waals surface area contributed by atoms with E-state index in [1.807, 2.05) is 0 Å². The van der Waals surface area contributed by atoms with Gasteiger partial charge in [0.2, 0.25) is 5.16 Å². The molecule has 0 fully saturated rings. The monoisotopic (exact) mass is 236 g/mol. The zero-order valence-corrected chi connectivity index (χ0v) is 9.14. The maximum absolute atomic E-state index is 7.40. The molecule has 0 bridgehead atoms. The molecule has 8 nitrogen and oxygen atoms in total. The number of tetrazole rings is 1. The van der Waals surface area contributed by atoms with Crippen LogP contribution in [0, 0.1) is 5.41 Å². The second-order valence-corrected chi connectivity index (χ2v) is 3.81. The highest BCUT2D eigenvalue weighted by molar-refractivity contribution is 7.99. The lowest BCUT2D eigenvalue weighted by Gasteiger charge is -2.03. The molecule has 0 unspecified atom stereocenters. The van der Waals surface area contributed by atoms with E-state index < -0.39 is 0 Å². The molecule has 0 spiro atoms. The van der Waals surface area contributed by atoms with E-state index in [0.29, 0.717) is 15.7 Å². The molecule has 2 aromatic rings. The maximum Gasteiger partial charge on any atom is 0.215 e. The lowest BCUT2D eigenvalue weighted by atomic mass is 10.3. The fourth-order valence-corrected chi connectivity index (χ4v) is 1.79. The van der Waals surface area contributed by atoms with Crippen molar-refractivity contribution in [2.75, 3.05) is 0 Å². The number of nitrogen functional groups attached to an aromatic ring is 1. The van der Waals surface area contributed by atoms with Crippen molar-refractivity contribution in [3.63, 3.8) is 0 Å². The molecule has 0 saturated heterocycles. The van der Waals surface area contributed by atoms with Gasteiger partial charge < -0.3 is 5.73 Å². The van der Waals surface area contributed by atoms with E-state index in [1.54, 1.807) is 13.1 Å². The lowest BCUT2D eigenvalue weighted by Crippen LogP contribution is -2.13. The van der Waals surface area contributed by atoms with Crippen molar-refractivity contribution >= 4 is 17.6 Å². The maximum atomic E-state index is 7.40. The third-order valence-electron chi connectivity index (χ3n) is 1.75. The van der Waals surface area contributed by atoms with E-state index >= 15 is 0 Å². The fraction of sp³-hybridized carbons (Fsp3) is 0.143. The molecule has 0 atom stereocenters. The first-order valence-corrected chi connectivity index (χ1v) is 5.06. The number of nitrogens with one attached hydrogen (secondary N) is 1. The van der Waals surface area contributed by atoms with E-state index in [1.165, 1.54) is 22.6 Å². The fourth-order valence-electron chi connectivity index (χ4n) is 0.993. The summed E-state index contributed by atoms with van der Waals surface area (Å²) in [5.41, 5.74) is 5.94. The van der Waals surface area contributed by atoms with Crippen LogP contribution in [0.3, 0.4) is 0 Å². The second kappa shape index (κ2) is 4.23. The third kappa shape index (κ3) is 1.98. The van der Waals surface area contributed by atoms with Crippen LogP contribution in [0.25, 0.3) is 0 Å². The summed E-state index contributed by atoms with van der Waals surface area (Å²) in [4.78, 5) is 0. The van der Waals surface area contributed by atoms with Crippen LogP contribution in [0.15, 0.2) is 22.4 Å². The number of nitrogens with two attached hydrogens (primary N) is 1. The smallest absolute Gasteiger partial charge is 0.215 e. The summed E-state index contributed by atoms with van der Waals surface area (Å²) in [6.07, 6.45) is 1.48. The minimum absolute atomic E-state index is 0.0625. The number of aryl methyl sites for hydroxylation is 1. The summed E-state index contributed by atoms with van der Waals surface area (Å²) < 4.78 is 1.50. The highest BCUT2D eigenvalue weighted by atomic mass is 32.2. The van der Waals surface area contributed by atoms with E-state index in [-0.39, 0.29) is 5.84 Å². The van der Waals surface area contributed by atoms with Crippen LogP contribution in [0.1, 0.15) is 5.56 Å². The van der Waals surface area contributed by atoms with Crippen LogP contribution in [0.5, 0.6) is 0 Å². The van der Waals surface area contributed by atoms with Gasteiger partial charge in [-0.2, -0.15) is 5.10 Å². The molecule has 0 aliphatic carbocycles. The molecule has 0 aliphatic rings. The third-order valence-corrected chi connectivity index (χ3v) is 2.77. The predicted molar refractivity (Wildman–Crippen MR) is 56.0 cm³/mol. The first-order valence-electron chi connectivity index (χ1n) is 4.25. The zero-order valence-electron chi connectivity index (χ0n) is 8.32. The van der Waals surface area contributed by atoms with Gasteiger partial charge in [-0.15, -0.1) is 10.2 Å². The van der Waals surface area contributed by atoms with Gasteiger partial charge in [-0.25, -0.2) is 4.68 Å². The Morgan fingerprint density at radius 1 is 1.50 bits per heavy atom. The molecule has 2 aromatic heterocycles. The van der Waals surface area contributed by atoms with Crippen LogP contribution >= 0.6 is 11.8 Å². The average molecular weight is 236 g/mol. The van der Waals surface area contributed by atoms with Crippen molar-refractivity contribution in [3.05, 3.63) is 17.8 Å². The van der Waals surface area contributed by atoms with Gasteiger partial charge >= 0.3 is 0 Å². The molecular formula is C7H8N8S. The predicted octanol–water partition coefficient (Wildman–Crippen LogP) is -0.565. The summed E-state index contributed by atoms with van der Waals surface area (Å²) in [7, 11) is 1.71. The van der Waals surface area contributed by atoms with Crippen LogP contribution in [-0.2, 0) is 7.05 Å². The molecule has 0 aliphatic heterocycles. The molecule has 3 N–H and O–H groups in total. The van der Waals surface area contributed by atoms with Crippen molar-refractivity contribution in [2.24, 2.45) is 12.8 Å². The van der Waals surface area contributed by atoms with Crippen LogP contribution in [0.2, 0.25) is 0 Å². The summed E-state index contributed by atoms with van der Waals surface area (Å²) in [5, 5.41) is 27.1. The molecule has 16 heavy (non-hydrogen) atoms. The second-order valence-electron chi connectivity index (χ2n) is 2.85. The van der Waals surface area contributed by atoms with E-state index in [0.717, 1.165) is 0 Å². The number of hydrogen-bond acceptors (Lipinski definition) is 7. The largest absolute Gasteiger partial charge is 0.384 e. The first-order chi connectivity index (χ1) is 7.68. The average Bonchev–Trinajstić information content (AvgIpc) is 2.65. The Kier molecular flexibility index (Phi) is 2.77. The quantitative estimate of drug-likeness (QED) is 0.541. The van der Waals surface area contributed by atoms with Gasteiger partial charge in [-0.05, 0) is 28.3 Å². The number of rotatable bonds is 3. The van der Waals surface area contributed by atoms with Crippen LogP contribution < -0.4 is 5.73 Å². The normalized spacial score (nSPS) is 10.3. The molecular weight excluding hydrogens is 228 g/mol. The lowest BCUT2D eigenvalue weighted by molar-refractivity contribution is 0.664. The number of hydrogen-bond donors (Lipinski definition) is 2. The van der Waals surface area contributed by atoms with Crippen molar-refractivity contribution in [1.82, 2.24) is 30.4 Å². The summed E-state index contributed by atoms with van der Waals surface area (Å²) >= 11 is 1.21. The summed E-state index contributed by atoms with van der Waals surface area (Å²) in [6.45, 7) is 0. The van der Waals surface area contributed by atoms with Gasteiger partial charge in [0, 0.05) is 7.05 Å². The van der Waals surface area contributed by atoms with Crippen molar-refractivity contribution in [3.8, 4) is 0 Å². The summed E-state index contributed by atoms with van der Waals surface area (Å²) in [5.74, 6) is -0.0625. The number of nitrogens with zero attached hydrogens (tertiary/aromatic N) is 6. The SMILES string of the molecule is Cn1nnnc1Sc1nnccc1C(=N)N. The van der Waals surface area contributed by atoms with Gasteiger partial charge in [-0.3, -0.25) is 5.41 Å². The van der Waals surface area contributed by atoms with Gasteiger partial charge in [-0.1, -0.05) is 0 Å². The van der Waals surface area contributed by atoms with Crippen LogP contribution in [-0.4, -0.2) is 36.2 Å². The Morgan fingerprint density at radius 2 is 2.31 bits per heavy atom. The van der Waals surface area contributed by atoms with E-state index in [4.69, 9.17) is 11.1 Å². The molecule has 0 radical (unpaired) electrons. The van der Waals surface area contributed by atoms with Crippen molar-refractivity contribution in [1.29, 1.82) is 5.41 Å². The Balaban J connectivity index is 2.35. The standard InChI is InChI=1S/C7H8N8S/c1-15-7(12-13-14-15)16-6-4(5(8)9)2-3-10-11-6/h2-3H,1H3,(H3,8,9). The van der Waals surface area contributed by atoms with Gasteiger partial charge in [0.25, 0.3) is 0 Å². The van der Waals surface area contributed by atoms with Gasteiger partial charge in [0.1, 0.15) is 10.9 Å². The van der Waals surface area contributed by atoms with Crippen LogP contribution in [0.4, 0.5) is 0 Å². The number of aromatic nitrogens is 6. The molecule has 0 aromatic carbocycles. The Hall–Kier alpha value is -2.03. The Morgan fingerprint density at radius 3 is 2.94 bits per heavy atom. The molecule has 82 valence electrons. The molecule has 0 saturated carbocycles. The van der Waals surface area contributed by atoms with Crippen molar-refractivity contribution in [2.45, 2.75) is 10.2 Å². The molecule has 2 rings (SSSR count). The van der Waals surface area contributed by atoms with Gasteiger partial charge in [0.15, 0.2) is 0 Å². The highest BCUT2D eigenvalue weighted by Gasteiger charge is 2.12. The first kappa shape index (κ1) is 10.5. The minimum atomic E-state index is -0.0625. The van der Waals surface area contributed by atoms with E-state index in [2.05, 4.69) is 25.7 Å². The summed E-state index contributed by atoms with van der Waals surface area (Å²) in [6, 6.07) is 1.63. The topological polar surface area (TPSA) is 119 Å². The minimum Gasteiger partial charge on any atom is -0.384 e. The molecule has 2 heterocycles. The van der Waals surface area contributed by atoms with Crippen molar-refractivity contribution < 1.29 is 0 Å². The Bertz CT molecular complexity index is 521. The highest BCUT2D eigenvalue weighted by Crippen LogP contribution is 2.24. The number of amidine groups is 1. The zero-order chi connectivity index (χ0) is 11.5. The molecule has 9 heteroatoms. The van der Waals surface area contributed by atoms with E-state index in [9.17, 15) is 0 Å². The Labute approximate surface area is 94.8 Å². The van der Waals surface area contributed by atoms with Gasteiger partial charge in [0.05, 0.1) is 11.8 Å². The molecule has 0 amide bonds.